The molecule has 100 valence electrons. The SMILES string of the molecule is Fc1ccc(Nc2cc(C(F)(F)F)nc(Cl)n2)cc1. The average molecular weight is 292 g/mol. The van der Waals surface area contributed by atoms with Crippen molar-refractivity contribution in [1.82, 2.24) is 9.97 Å². The van der Waals surface area contributed by atoms with E-state index < -0.39 is 23.0 Å². The molecule has 0 spiro atoms. The summed E-state index contributed by atoms with van der Waals surface area (Å²) in [6.07, 6.45) is -4.62. The number of hydrogen-bond acceptors (Lipinski definition) is 3. The number of anilines is 2. The van der Waals surface area contributed by atoms with Gasteiger partial charge >= 0.3 is 6.18 Å². The van der Waals surface area contributed by atoms with Gasteiger partial charge in [-0.3, -0.25) is 0 Å². The maximum Gasteiger partial charge on any atom is 0.433 e. The van der Waals surface area contributed by atoms with E-state index in [1.165, 1.54) is 12.1 Å². The molecular formula is C11H6ClF4N3. The molecule has 8 heteroatoms. The van der Waals surface area contributed by atoms with Crippen LogP contribution in [0.25, 0.3) is 0 Å². The van der Waals surface area contributed by atoms with E-state index in [-0.39, 0.29) is 5.82 Å². The smallest absolute Gasteiger partial charge is 0.340 e. The third-order valence-electron chi connectivity index (χ3n) is 2.11. The van der Waals surface area contributed by atoms with Crippen LogP contribution in [0.3, 0.4) is 0 Å². The Labute approximate surface area is 110 Å². The van der Waals surface area contributed by atoms with Gasteiger partial charge in [0.2, 0.25) is 5.28 Å². The number of alkyl halides is 3. The molecule has 0 aliphatic carbocycles. The first-order valence-electron chi connectivity index (χ1n) is 4.99. The predicted octanol–water partition coefficient (Wildman–Crippen LogP) is 4.03. The zero-order valence-electron chi connectivity index (χ0n) is 9.17. The lowest BCUT2D eigenvalue weighted by molar-refractivity contribution is -0.141. The van der Waals surface area contributed by atoms with E-state index >= 15 is 0 Å². The molecule has 0 bridgehead atoms. The highest BCUT2D eigenvalue weighted by atomic mass is 35.5. The molecular weight excluding hydrogens is 286 g/mol. The van der Waals surface area contributed by atoms with Gasteiger partial charge in [0.1, 0.15) is 11.6 Å². The summed E-state index contributed by atoms with van der Waals surface area (Å²) < 4.78 is 50.2. The molecule has 3 nitrogen and oxygen atoms in total. The Morgan fingerprint density at radius 3 is 2.26 bits per heavy atom. The third kappa shape index (κ3) is 3.54. The largest absolute Gasteiger partial charge is 0.433 e. The van der Waals surface area contributed by atoms with Gasteiger partial charge in [-0.05, 0) is 35.9 Å². The van der Waals surface area contributed by atoms with Gasteiger partial charge in [0, 0.05) is 11.8 Å². The number of benzene rings is 1. The van der Waals surface area contributed by atoms with E-state index in [0.29, 0.717) is 5.69 Å². The van der Waals surface area contributed by atoms with E-state index in [1.807, 2.05) is 0 Å². The van der Waals surface area contributed by atoms with Gasteiger partial charge in [0.05, 0.1) is 0 Å². The second-order valence-electron chi connectivity index (χ2n) is 3.54. The average Bonchev–Trinajstić information content (AvgIpc) is 2.30. The predicted molar refractivity (Wildman–Crippen MR) is 61.7 cm³/mol. The minimum absolute atomic E-state index is 0.126. The molecule has 0 atom stereocenters. The molecule has 19 heavy (non-hydrogen) atoms. The summed E-state index contributed by atoms with van der Waals surface area (Å²) in [5, 5.41) is 2.05. The molecule has 0 saturated heterocycles. The molecule has 0 unspecified atom stereocenters. The number of halogens is 5. The van der Waals surface area contributed by atoms with Crippen molar-refractivity contribution in [1.29, 1.82) is 0 Å². The number of nitrogens with one attached hydrogen (secondary N) is 1. The Balaban J connectivity index is 2.30. The Morgan fingerprint density at radius 1 is 1.05 bits per heavy atom. The van der Waals surface area contributed by atoms with Crippen LogP contribution in [0.15, 0.2) is 30.3 Å². The minimum atomic E-state index is -4.62. The molecule has 0 radical (unpaired) electrons. The molecule has 0 aliphatic rings. The van der Waals surface area contributed by atoms with Crippen molar-refractivity contribution in [3.63, 3.8) is 0 Å². The van der Waals surface area contributed by atoms with Gasteiger partial charge in [0.25, 0.3) is 0 Å². The monoisotopic (exact) mass is 291 g/mol. The fourth-order valence-corrected chi connectivity index (χ4v) is 1.49. The van der Waals surface area contributed by atoms with E-state index in [4.69, 9.17) is 11.6 Å². The molecule has 0 fully saturated rings. The molecule has 1 aromatic carbocycles. The molecule has 0 aliphatic heterocycles. The first-order valence-corrected chi connectivity index (χ1v) is 5.37. The third-order valence-corrected chi connectivity index (χ3v) is 2.27. The minimum Gasteiger partial charge on any atom is -0.340 e. The van der Waals surface area contributed by atoms with E-state index in [0.717, 1.165) is 18.2 Å². The zero-order chi connectivity index (χ0) is 14.0. The van der Waals surface area contributed by atoms with Gasteiger partial charge in [-0.15, -0.1) is 0 Å². The number of nitrogens with zero attached hydrogens (tertiary/aromatic N) is 2. The summed E-state index contributed by atoms with van der Waals surface area (Å²) in [4.78, 5) is 6.70. The summed E-state index contributed by atoms with van der Waals surface area (Å²) in [5.41, 5.74) is -0.776. The maximum atomic E-state index is 12.7. The summed E-state index contributed by atoms with van der Waals surface area (Å²) in [6.45, 7) is 0. The highest BCUT2D eigenvalue weighted by Gasteiger charge is 2.33. The molecule has 1 heterocycles. The van der Waals surface area contributed by atoms with Crippen LogP contribution in [0.5, 0.6) is 0 Å². The van der Waals surface area contributed by atoms with Crippen molar-refractivity contribution < 1.29 is 17.6 Å². The van der Waals surface area contributed by atoms with Crippen LogP contribution in [0.4, 0.5) is 29.1 Å². The fourth-order valence-electron chi connectivity index (χ4n) is 1.31. The van der Waals surface area contributed by atoms with Gasteiger partial charge in [-0.1, -0.05) is 0 Å². The Kier molecular flexibility index (Phi) is 3.57. The summed E-state index contributed by atoms with van der Waals surface area (Å²) in [5.74, 6) is -0.582. The molecule has 2 rings (SSSR count). The second-order valence-corrected chi connectivity index (χ2v) is 3.88. The van der Waals surface area contributed by atoms with E-state index in [1.54, 1.807) is 0 Å². The van der Waals surface area contributed by atoms with Crippen LogP contribution >= 0.6 is 11.6 Å². The van der Waals surface area contributed by atoms with Gasteiger partial charge in [-0.2, -0.15) is 13.2 Å². The summed E-state index contributed by atoms with van der Waals surface area (Å²) in [7, 11) is 0. The van der Waals surface area contributed by atoms with Gasteiger partial charge in [-0.25, -0.2) is 14.4 Å². The summed E-state index contributed by atoms with van der Waals surface area (Å²) in [6, 6.07) is 5.76. The van der Waals surface area contributed by atoms with E-state index in [2.05, 4.69) is 15.3 Å². The molecule has 1 aromatic heterocycles. The Morgan fingerprint density at radius 2 is 1.68 bits per heavy atom. The van der Waals surface area contributed by atoms with Crippen LogP contribution in [0.2, 0.25) is 5.28 Å². The second kappa shape index (κ2) is 5.00. The number of hydrogen-bond donors (Lipinski definition) is 1. The Bertz CT molecular complexity index is 583. The van der Waals surface area contributed by atoms with Crippen LogP contribution in [0.1, 0.15) is 5.69 Å². The highest BCUT2D eigenvalue weighted by molar-refractivity contribution is 6.28. The topological polar surface area (TPSA) is 37.8 Å². The van der Waals surface area contributed by atoms with Gasteiger partial charge < -0.3 is 5.32 Å². The Hall–Kier alpha value is -1.89. The maximum absolute atomic E-state index is 12.7. The summed E-state index contributed by atoms with van der Waals surface area (Å²) >= 11 is 5.43. The van der Waals surface area contributed by atoms with Crippen LogP contribution in [0, 0.1) is 5.82 Å². The quantitative estimate of drug-likeness (QED) is 0.670. The van der Waals surface area contributed by atoms with Crippen molar-refractivity contribution in [2.75, 3.05) is 5.32 Å². The first-order chi connectivity index (χ1) is 8.84. The zero-order valence-corrected chi connectivity index (χ0v) is 9.93. The van der Waals surface area contributed by atoms with Gasteiger partial charge in [0.15, 0.2) is 5.69 Å². The van der Waals surface area contributed by atoms with Crippen molar-refractivity contribution in [3.8, 4) is 0 Å². The van der Waals surface area contributed by atoms with Crippen molar-refractivity contribution >= 4 is 23.1 Å². The lowest BCUT2D eigenvalue weighted by Gasteiger charge is -2.09. The number of rotatable bonds is 2. The lowest BCUT2D eigenvalue weighted by atomic mass is 10.3. The molecule has 0 saturated carbocycles. The van der Waals surface area contributed by atoms with Crippen molar-refractivity contribution in [2.45, 2.75) is 6.18 Å². The van der Waals surface area contributed by atoms with Crippen LogP contribution in [-0.4, -0.2) is 9.97 Å². The lowest BCUT2D eigenvalue weighted by Crippen LogP contribution is -2.10. The van der Waals surface area contributed by atoms with E-state index in [9.17, 15) is 17.6 Å². The fraction of sp³-hybridized carbons (Fsp3) is 0.0909. The standard InChI is InChI=1S/C11H6ClF4N3/c12-10-18-8(11(14,15)16)5-9(19-10)17-7-3-1-6(13)2-4-7/h1-5H,(H,17,18,19). The van der Waals surface area contributed by atoms with Crippen LogP contribution < -0.4 is 5.32 Å². The molecule has 1 N–H and O–H groups in total. The first kappa shape index (κ1) is 13.5. The highest BCUT2D eigenvalue weighted by Crippen LogP contribution is 2.30. The normalized spacial score (nSPS) is 11.4. The van der Waals surface area contributed by atoms with Crippen molar-refractivity contribution in [2.24, 2.45) is 0 Å². The molecule has 0 amide bonds. The number of aromatic nitrogens is 2. The van der Waals surface area contributed by atoms with Crippen molar-refractivity contribution in [3.05, 3.63) is 47.1 Å². The molecule has 2 aromatic rings. The van der Waals surface area contributed by atoms with Crippen LogP contribution in [-0.2, 0) is 6.18 Å².